The summed E-state index contributed by atoms with van der Waals surface area (Å²) in [6.45, 7) is 4.16. The van der Waals surface area contributed by atoms with Gasteiger partial charge in [-0.1, -0.05) is 43.8 Å². The van der Waals surface area contributed by atoms with E-state index < -0.39 is 0 Å². The first-order valence-electron chi connectivity index (χ1n) is 8.12. The third kappa shape index (κ3) is 3.74. The molecule has 8 heteroatoms. The number of fused-ring (bicyclic) bond motifs is 1. The molecule has 0 fully saturated rings. The number of imidazole rings is 1. The molecule has 7 nitrogen and oxygen atoms in total. The number of aryl methyl sites for hydroxylation is 2. The zero-order valence-corrected chi connectivity index (χ0v) is 15.0. The van der Waals surface area contributed by atoms with Gasteiger partial charge in [0.25, 0.3) is 0 Å². The molecule has 0 spiro atoms. The van der Waals surface area contributed by atoms with E-state index in [1.807, 2.05) is 18.2 Å². The van der Waals surface area contributed by atoms with Crippen LogP contribution in [0, 0.1) is 0 Å². The number of carbonyl (C=O) groups is 1. The van der Waals surface area contributed by atoms with Crippen molar-refractivity contribution >= 4 is 40.3 Å². The van der Waals surface area contributed by atoms with Gasteiger partial charge < -0.3 is 16.0 Å². The molecule has 1 amide bonds. The van der Waals surface area contributed by atoms with Gasteiger partial charge in [-0.3, -0.25) is 4.79 Å². The van der Waals surface area contributed by atoms with Gasteiger partial charge in [0.15, 0.2) is 16.6 Å². The normalized spacial score (nSPS) is 11.0. The van der Waals surface area contributed by atoms with Crippen LogP contribution in [-0.2, 0) is 17.6 Å². The Morgan fingerprint density at radius 3 is 2.60 bits per heavy atom. The van der Waals surface area contributed by atoms with Crippen LogP contribution < -0.4 is 11.1 Å². The first kappa shape index (κ1) is 17.2. The molecule has 0 aliphatic rings. The molecule has 130 valence electrons. The number of H-pyrrole nitrogens is 1. The number of thioether (sulfide) groups is 1. The molecule has 0 saturated carbocycles. The summed E-state index contributed by atoms with van der Waals surface area (Å²) in [5.74, 6) is 0.521. The smallest absolute Gasteiger partial charge is 0.234 e. The zero-order valence-electron chi connectivity index (χ0n) is 14.2. The summed E-state index contributed by atoms with van der Waals surface area (Å²) in [7, 11) is 0. The van der Waals surface area contributed by atoms with Crippen LogP contribution in [0.5, 0.6) is 0 Å². The number of rotatable bonds is 6. The van der Waals surface area contributed by atoms with Crippen molar-refractivity contribution in [2.45, 2.75) is 31.8 Å². The molecule has 1 aromatic carbocycles. The van der Waals surface area contributed by atoms with Crippen LogP contribution >= 0.6 is 11.8 Å². The fourth-order valence-electron chi connectivity index (χ4n) is 2.61. The van der Waals surface area contributed by atoms with Gasteiger partial charge in [0, 0.05) is 5.69 Å². The Morgan fingerprint density at radius 1 is 1.24 bits per heavy atom. The maximum atomic E-state index is 12.4. The quantitative estimate of drug-likeness (QED) is 0.586. The molecule has 0 atom stereocenters. The van der Waals surface area contributed by atoms with E-state index in [4.69, 9.17) is 5.73 Å². The Hall–Kier alpha value is -2.61. The minimum atomic E-state index is -0.0693. The Kier molecular flexibility index (Phi) is 5.18. The minimum absolute atomic E-state index is 0.0693. The molecule has 2 heterocycles. The number of anilines is 2. The molecule has 3 aromatic rings. The lowest BCUT2D eigenvalue weighted by molar-refractivity contribution is -0.113. The second-order valence-corrected chi connectivity index (χ2v) is 6.46. The van der Waals surface area contributed by atoms with Crippen LogP contribution in [0.3, 0.4) is 0 Å². The van der Waals surface area contributed by atoms with E-state index in [1.165, 1.54) is 18.1 Å². The Labute approximate surface area is 149 Å². The van der Waals surface area contributed by atoms with E-state index >= 15 is 0 Å². The van der Waals surface area contributed by atoms with Crippen molar-refractivity contribution in [1.29, 1.82) is 0 Å². The summed E-state index contributed by atoms with van der Waals surface area (Å²) in [6.07, 6.45) is 3.11. The standard InChI is InChI=1S/C17H20N6OS/c1-3-10-6-5-7-11(4-2)13(10)21-12(24)8-25-17-22-14-15(18)19-9-20-16(14)23-17/h5-7,9H,3-4,8H2,1-2H3,(H,21,24)(H3,18,19,20,22,23). The summed E-state index contributed by atoms with van der Waals surface area (Å²) in [5, 5.41) is 3.64. The second-order valence-electron chi connectivity index (χ2n) is 5.49. The highest BCUT2D eigenvalue weighted by Gasteiger charge is 2.13. The molecule has 0 aliphatic heterocycles. The minimum Gasteiger partial charge on any atom is -0.382 e. The number of amides is 1. The van der Waals surface area contributed by atoms with Gasteiger partial charge in [0.1, 0.15) is 11.8 Å². The number of aromatic amines is 1. The lowest BCUT2D eigenvalue weighted by Crippen LogP contribution is -2.16. The summed E-state index contributed by atoms with van der Waals surface area (Å²) in [5.41, 5.74) is 10.1. The lowest BCUT2D eigenvalue weighted by atomic mass is 10.0. The molecule has 25 heavy (non-hydrogen) atoms. The maximum Gasteiger partial charge on any atom is 0.234 e. The van der Waals surface area contributed by atoms with Gasteiger partial charge in [-0.05, 0) is 24.0 Å². The van der Waals surface area contributed by atoms with Gasteiger partial charge in [-0.2, -0.15) is 0 Å². The summed E-state index contributed by atoms with van der Waals surface area (Å²) in [4.78, 5) is 27.7. The molecular weight excluding hydrogens is 336 g/mol. The number of hydrogen-bond donors (Lipinski definition) is 3. The van der Waals surface area contributed by atoms with Gasteiger partial charge in [-0.25, -0.2) is 15.0 Å². The Morgan fingerprint density at radius 2 is 1.96 bits per heavy atom. The van der Waals surface area contributed by atoms with E-state index in [0.717, 1.165) is 29.7 Å². The average Bonchev–Trinajstić information content (AvgIpc) is 3.05. The largest absolute Gasteiger partial charge is 0.382 e. The van der Waals surface area contributed by atoms with E-state index in [-0.39, 0.29) is 11.7 Å². The van der Waals surface area contributed by atoms with Crippen LogP contribution in [-0.4, -0.2) is 31.6 Å². The van der Waals surface area contributed by atoms with Crippen molar-refractivity contribution in [2.75, 3.05) is 16.8 Å². The van der Waals surface area contributed by atoms with Crippen LogP contribution in [0.4, 0.5) is 11.5 Å². The van der Waals surface area contributed by atoms with Gasteiger partial charge in [0.2, 0.25) is 5.91 Å². The molecule has 0 saturated heterocycles. The monoisotopic (exact) mass is 356 g/mol. The molecule has 0 unspecified atom stereocenters. The van der Waals surface area contributed by atoms with E-state index in [0.29, 0.717) is 22.1 Å². The highest BCUT2D eigenvalue weighted by molar-refractivity contribution is 7.99. The van der Waals surface area contributed by atoms with Crippen molar-refractivity contribution in [3.63, 3.8) is 0 Å². The van der Waals surface area contributed by atoms with Gasteiger partial charge in [-0.15, -0.1) is 0 Å². The first-order chi connectivity index (χ1) is 12.1. The fraction of sp³-hybridized carbons (Fsp3) is 0.294. The molecule has 0 bridgehead atoms. The number of hydrogen-bond acceptors (Lipinski definition) is 6. The third-order valence-corrected chi connectivity index (χ3v) is 4.77. The number of nitrogen functional groups attached to an aromatic ring is 1. The molecule has 0 aliphatic carbocycles. The zero-order chi connectivity index (χ0) is 17.8. The molecule has 0 radical (unpaired) electrons. The van der Waals surface area contributed by atoms with Crippen molar-refractivity contribution in [3.8, 4) is 0 Å². The van der Waals surface area contributed by atoms with Crippen molar-refractivity contribution in [3.05, 3.63) is 35.7 Å². The number of nitrogens with zero attached hydrogens (tertiary/aromatic N) is 3. The number of benzene rings is 1. The van der Waals surface area contributed by atoms with Crippen LogP contribution in [0.25, 0.3) is 11.2 Å². The highest BCUT2D eigenvalue weighted by Crippen LogP contribution is 2.24. The lowest BCUT2D eigenvalue weighted by Gasteiger charge is -2.14. The Bertz CT molecular complexity index is 885. The number of aromatic nitrogens is 4. The molecule has 2 aromatic heterocycles. The van der Waals surface area contributed by atoms with Crippen LogP contribution in [0.2, 0.25) is 0 Å². The molecule has 4 N–H and O–H groups in total. The number of para-hydroxylation sites is 1. The topological polar surface area (TPSA) is 110 Å². The number of nitrogens with two attached hydrogens (primary N) is 1. The van der Waals surface area contributed by atoms with Gasteiger partial charge in [0.05, 0.1) is 5.75 Å². The first-order valence-corrected chi connectivity index (χ1v) is 9.10. The maximum absolute atomic E-state index is 12.4. The van der Waals surface area contributed by atoms with Crippen LogP contribution in [0.1, 0.15) is 25.0 Å². The third-order valence-electron chi connectivity index (χ3n) is 3.90. The molecular formula is C17H20N6OS. The molecule has 3 rings (SSSR count). The van der Waals surface area contributed by atoms with Crippen LogP contribution in [0.15, 0.2) is 29.7 Å². The average molecular weight is 356 g/mol. The number of nitrogens with one attached hydrogen (secondary N) is 2. The predicted molar refractivity (Wildman–Crippen MR) is 101 cm³/mol. The SMILES string of the molecule is CCc1cccc(CC)c1NC(=O)CSc1nc2ncnc(N)c2[nH]1. The Balaban J connectivity index is 1.70. The van der Waals surface area contributed by atoms with Gasteiger partial charge >= 0.3 is 0 Å². The van der Waals surface area contributed by atoms with E-state index in [2.05, 4.69) is 39.1 Å². The fourth-order valence-corrected chi connectivity index (χ4v) is 3.27. The predicted octanol–water partition coefficient (Wildman–Crippen LogP) is 2.79. The van der Waals surface area contributed by atoms with Crippen molar-refractivity contribution in [1.82, 2.24) is 19.9 Å². The van der Waals surface area contributed by atoms with E-state index in [1.54, 1.807) is 0 Å². The van der Waals surface area contributed by atoms with Crippen molar-refractivity contribution < 1.29 is 4.79 Å². The number of carbonyl (C=O) groups excluding carboxylic acids is 1. The van der Waals surface area contributed by atoms with Crippen molar-refractivity contribution in [2.24, 2.45) is 0 Å². The summed E-state index contributed by atoms with van der Waals surface area (Å²) in [6, 6.07) is 6.12. The highest BCUT2D eigenvalue weighted by atomic mass is 32.2. The summed E-state index contributed by atoms with van der Waals surface area (Å²) < 4.78 is 0. The summed E-state index contributed by atoms with van der Waals surface area (Å²) >= 11 is 1.31. The van der Waals surface area contributed by atoms with E-state index in [9.17, 15) is 4.79 Å². The second kappa shape index (κ2) is 7.52.